The van der Waals surface area contributed by atoms with Crippen LogP contribution in [0.4, 0.5) is 0 Å². The van der Waals surface area contributed by atoms with Crippen molar-refractivity contribution in [1.29, 1.82) is 0 Å². The third-order valence-electron chi connectivity index (χ3n) is 3.20. The van der Waals surface area contributed by atoms with E-state index in [1.807, 2.05) is 41.5 Å². The number of phenols is 1. The molecule has 0 bridgehead atoms. The minimum Gasteiger partial charge on any atom is -0.508 e. The normalized spacial score (nSPS) is 9.29. The van der Waals surface area contributed by atoms with Crippen molar-refractivity contribution in [2.75, 3.05) is 6.61 Å². The van der Waals surface area contributed by atoms with Gasteiger partial charge < -0.3 is 14.9 Å². The number of aliphatic hydroxyl groups is 1. The van der Waals surface area contributed by atoms with E-state index in [0.717, 1.165) is 29.7 Å². The topological polar surface area (TPSA) is 49.7 Å². The molecule has 0 saturated carbocycles. The van der Waals surface area contributed by atoms with Gasteiger partial charge >= 0.3 is 0 Å². The first-order chi connectivity index (χ1) is 11.6. The molecule has 0 spiro atoms. The van der Waals surface area contributed by atoms with Crippen LogP contribution in [0.5, 0.6) is 17.2 Å². The quantitative estimate of drug-likeness (QED) is 0.730. The highest BCUT2D eigenvalue weighted by atomic mass is 16.5. The van der Waals surface area contributed by atoms with E-state index in [0.29, 0.717) is 5.75 Å². The second-order valence-electron chi connectivity index (χ2n) is 4.98. The maximum absolute atomic E-state index is 9.27. The Morgan fingerprint density at radius 2 is 1.38 bits per heavy atom. The van der Waals surface area contributed by atoms with Gasteiger partial charge in [-0.1, -0.05) is 39.8 Å². The number of aryl methyl sites for hydroxylation is 3. The number of rotatable bonds is 5. The second-order valence-corrected chi connectivity index (χ2v) is 4.98. The molecule has 0 aliphatic heterocycles. The molecule has 24 heavy (non-hydrogen) atoms. The predicted molar refractivity (Wildman–Crippen MR) is 102 cm³/mol. The van der Waals surface area contributed by atoms with Crippen LogP contribution >= 0.6 is 0 Å². The number of benzene rings is 2. The zero-order chi connectivity index (χ0) is 18.5. The van der Waals surface area contributed by atoms with Crippen molar-refractivity contribution in [2.45, 2.75) is 54.4 Å². The standard InChI is InChI=1S/C17H20O3.2C2H6/c1-12-10-14(4-3-9-18)11-13(2)17(12)20-16-7-5-15(19)6-8-16;2*1-2/h5-8,10-11,18-19H,3-4,9H2,1-2H3;2*1-2H3. The van der Waals surface area contributed by atoms with E-state index < -0.39 is 0 Å². The van der Waals surface area contributed by atoms with Gasteiger partial charge in [-0.05, 0) is 67.6 Å². The second kappa shape index (κ2) is 12.4. The van der Waals surface area contributed by atoms with Crippen LogP contribution in [0.3, 0.4) is 0 Å². The Bertz CT molecular complexity index is 551. The fourth-order valence-corrected chi connectivity index (χ4v) is 2.26. The number of hydrogen-bond acceptors (Lipinski definition) is 3. The zero-order valence-electron chi connectivity index (χ0n) is 15.9. The van der Waals surface area contributed by atoms with Gasteiger partial charge in [0.2, 0.25) is 0 Å². The first kappa shape index (κ1) is 22.0. The Kier molecular flexibility index (Phi) is 11.4. The SMILES string of the molecule is CC.CC.Cc1cc(CCCO)cc(C)c1Oc1ccc(O)cc1. The Morgan fingerprint density at radius 1 is 0.875 bits per heavy atom. The lowest BCUT2D eigenvalue weighted by Gasteiger charge is -2.14. The molecule has 0 fully saturated rings. The molecule has 2 rings (SSSR count). The lowest BCUT2D eigenvalue weighted by Crippen LogP contribution is -1.96. The van der Waals surface area contributed by atoms with Crippen molar-refractivity contribution >= 4 is 0 Å². The summed E-state index contributed by atoms with van der Waals surface area (Å²) >= 11 is 0. The third kappa shape index (κ3) is 7.05. The predicted octanol–water partition coefficient (Wildman–Crippen LogP) is 5.78. The highest BCUT2D eigenvalue weighted by molar-refractivity contribution is 5.46. The number of hydrogen-bond donors (Lipinski definition) is 2. The van der Waals surface area contributed by atoms with Crippen LogP contribution in [0.1, 0.15) is 50.8 Å². The monoisotopic (exact) mass is 332 g/mol. The van der Waals surface area contributed by atoms with Gasteiger partial charge in [0.25, 0.3) is 0 Å². The molecule has 2 aromatic carbocycles. The molecule has 3 nitrogen and oxygen atoms in total. The van der Waals surface area contributed by atoms with Gasteiger partial charge in [-0.25, -0.2) is 0 Å². The minimum absolute atomic E-state index is 0.212. The average molecular weight is 332 g/mol. The van der Waals surface area contributed by atoms with Crippen molar-refractivity contribution in [2.24, 2.45) is 0 Å². The number of phenolic OH excluding ortho intramolecular Hbond substituents is 1. The Hall–Kier alpha value is -2.00. The summed E-state index contributed by atoms with van der Waals surface area (Å²) < 4.78 is 5.89. The maximum atomic E-state index is 9.27. The van der Waals surface area contributed by atoms with Crippen LogP contribution in [-0.2, 0) is 6.42 Å². The molecule has 134 valence electrons. The summed E-state index contributed by atoms with van der Waals surface area (Å²) in [5.41, 5.74) is 3.36. The van der Waals surface area contributed by atoms with Crippen LogP contribution in [0, 0.1) is 13.8 Å². The van der Waals surface area contributed by atoms with Crippen LogP contribution < -0.4 is 4.74 Å². The first-order valence-corrected chi connectivity index (χ1v) is 8.78. The van der Waals surface area contributed by atoms with Gasteiger partial charge in [0, 0.05) is 6.61 Å². The van der Waals surface area contributed by atoms with E-state index in [-0.39, 0.29) is 12.4 Å². The first-order valence-electron chi connectivity index (χ1n) is 8.78. The lowest BCUT2D eigenvalue weighted by molar-refractivity contribution is 0.288. The maximum Gasteiger partial charge on any atom is 0.133 e. The van der Waals surface area contributed by atoms with E-state index in [1.54, 1.807) is 24.3 Å². The summed E-state index contributed by atoms with van der Waals surface area (Å²) in [7, 11) is 0. The Morgan fingerprint density at radius 3 is 1.83 bits per heavy atom. The van der Waals surface area contributed by atoms with Gasteiger partial charge in [-0.2, -0.15) is 0 Å². The van der Waals surface area contributed by atoms with E-state index >= 15 is 0 Å². The fraction of sp³-hybridized carbons (Fsp3) is 0.429. The highest BCUT2D eigenvalue weighted by Gasteiger charge is 2.08. The molecule has 0 heterocycles. The van der Waals surface area contributed by atoms with Crippen LogP contribution in [0.2, 0.25) is 0 Å². The summed E-state index contributed by atoms with van der Waals surface area (Å²) in [5.74, 6) is 1.78. The number of aliphatic hydroxyl groups excluding tert-OH is 1. The molecule has 2 aromatic rings. The highest BCUT2D eigenvalue weighted by Crippen LogP contribution is 2.30. The molecule has 0 aromatic heterocycles. The fourth-order valence-electron chi connectivity index (χ4n) is 2.26. The van der Waals surface area contributed by atoms with Crippen molar-refractivity contribution < 1.29 is 14.9 Å². The molecule has 0 amide bonds. The summed E-state index contributed by atoms with van der Waals surface area (Å²) in [5, 5.41) is 18.2. The molecule has 0 aliphatic rings. The van der Waals surface area contributed by atoms with Crippen molar-refractivity contribution in [3.8, 4) is 17.2 Å². The summed E-state index contributed by atoms with van der Waals surface area (Å²) in [6.45, 7) is 12.3. The molecular weight excluding hydrogens is 300 g/mol. The van der Waals surface area contributed by atoms with Gasteiger partial charge in [0.05, 0.1) is 0 Å². The molecule has 0 aliphatic carbocycles. The molecule has 0 unspecified atom stereocenters. The Balaban J connectivity index is 0.00000123. The van der Waals surface area contributed by atoms with Crippen LogP contribution in [0.25, 0.3) is 0 Å². The molecule has 0 radical (unpaired) electrons. The van der Waals surface area contributed by atoms with Gasteiger partial charge in [-0.15, -0.1) is 0 Å². The zero-order valence-corrected chi connectivity index (χ0v) is 15.9. The largest absolute Gasteiger partial charge is 0.508 e. The molecule has 2 N–H and O–H groups in total. The van der Waals surface area contributed by atoms with Crippen molar-refractivity contribution in [3.63, 3.8) is 0 Å². The molecule has 0 saturated heterocycles. The Labute approximate surface area is 146 Å². The van der Waals surface area contributed by atoms with Crippen LogP contribution in [0.15, 0.2) is 36.4 Å². The van der Waals surface area contributed by atoms with Gasteiger partial charge in [0.1, 0.15) is 17.2 Å². The summed E-state index contributed by atoms with van der Waals surface area (Å²) in [4.78, 5) is 0. The van der Waals surface area contributed by atoms with E-state index in [9.17, 15) is 5.11 Å². The molecular formula is C21H32O3. The minimum atomic E-state index is 0.212. The van der Waals surface area contributed by atoms with E-state index in [4.69, 9.17) is 9.84 Å². The lowest BCUT2D eigenvalue weighted by atomic mass is 10.0. The van der Waals surface area contributed by atoms with Crippen LogP contribution in [-0.4, -0.2) is 16.8 Å². The number of ether oxygens (including phenoxy) is 1. The summed E-state index contributed by atoms with van der Waals surface area (Å²) in [6, 6.07) is 10.9. The molecule has 3 heteroatoms. The van der Waals surface area contributed by atoms with Crippen molar-refractivity contribution in [1.82, 2.24) is 0 Å². The average Bonchev–Trinajstić information content (AvgIpc) is 2.61. The number of aromatic hydroxyl groups is 1. The smallest absolute Gasteiger partial charge is 0.133 e. The third-order valence-corrected chi connectivity index (χ3v) is 3.20. The van der Waals surface area contributed by atoms with Crippen molar-refractivity contribution in [3.05, 3.63) is 53.1 Å². The van der Waals surface area contributed by atoms with Gasteiger partial charge in [0.15, 0.2) is 0 Å². The van der Waals surface area contributed by atoms with Gasteiger partial charge in [-0.3, -0.25) is 0 Å². The summed E-state index contributed by atoms with van der Waals surface area (Å²) in [6.07, 6.45) is 1.65. The molecule has 0 atom stereocenters. The van der Waals surface area contributed by atoms with E-state index in [1.165, 1.54) is 5.56 Å². The van der Waals surface area contributed by atoms with E-state index in [2.05, 4.69) is 12.1 Å².